The number of alkyl halides is 2. The van der Waals surface area contributed by atoms with E-state index in [1.54, 1.807) is 0 Å². The molecule has 1 N–H and O–H groups in total. The first kappa shape index (κ1) is 11.0. The third-order valence-electron chi connectivity index (χ3n) is 2.78. The molecular formula is C9H11F2N3O2. The number of halogens is 2. The van der Waals surface area contributed by atoms with Crippen LogP contribution in [0.4, 0.5) is 8.78 Å². The van der Waals surface area contributed by atoms with Crippen molar-refractivity contribution in [3.05, 3.63) is 11.4 Å². The SMILES string of the molecule is O=C(O)c1nnn(CC(F)F)c1C1CCC1. The molecule has 0 atom stereocenters. The van der Waals surface area contributed by atoms with E-state index in [-0.39, 0.29) is 11.6 Å². The highest BCUT2D eigenvalue weighted by Gasteiger charge is 2.31. The molecule has 1 fully saturated rings. The summed E-state index contributed by atoms with van der Waals surface area (Å²) in [6.45, 7) is -0.591. The highest BCUT2D eigenvalue weighted by Crippen LogP contribution is 2.37. The quantitative estimate of drug-likeness (QED) is 0.852. The zero-order valence-electron chi connectivity index (χ0n) is 8.44. The van der Waals surface area contributed by atoms with Crippen molar-refractivity contribution in [2.24, 2.45) is 0 Å². The van der Waals surface area contributed by atoms with Gasteiger partial charge in [0.1, 0.15) is 6.54 Å². The molecule has 0 radical (unpaired) electrons. The summed E-state index contributed by atoms with van der Waals surface area (Å²) in [4.78, 5) is 10.9. The molecule has 7 heteroatoms. The van der Waals surface area contributed by atoms with Gasteiger partial charge in [-0.25, -0.2) is 18.3 Å². The molecule has 0 bridgehead atoms. The van der Waals surface area contributed by atoms with Crippen LogP contribution >= 0.6 is 0 Å². The topological polar surface area (TPSA) is 68.0 Å². The largest absolute Gasteiger partial charge is 0.476 e. The van der Waals surface area contributed by atoms with Crippen molar-refractivity contribution in [3.8, 4) is 0 Å². The highest BCUT2D eigenvalue weighted by molar-refractivity contribution is 5.86. The van der Waals surface area contributed by atoms with Gasteiger partial charge < -0.3 is 5.11 Å². The molecule has 1 aliphatic rings. The Hall–Kier alpha value is -1.53. The zero-order valence-corrected chi connectivity index (χ0v) is 8.44. The average Bonchev–Trinajstić information content (AvgIpc) is 2.45. The molecule has 2 rings (SSSR count). The molecule has 0 amide bonds. The maximum atomic E-state index is 12.3. The second-order valence-corrected chi connectivity index (χ2v) is 3.83. The van der Waals surface area contributed by atoms with Crippen molar-refractivity contribution in [1.29, 1.82) is 0 Å². The van der Waals surface area contributed by atoms with Crippen LogP contribution in [0.2, 0.25) is 0 Å². The second kappa shape index (κ2) is 4.15. The Labute approximate surface area is 90.1 Å². The van der Waals surface area contributed by atoms with Crippen LogP contribution < -0.4 is 0 Å². The number of nitrogens with zero attached hydrogens (tertiary/aromatic N) is 3. The van der Waals surface area contributed by atoms with Crippen LogP contribution in [0.15, 0.2) is 0 Å². The summed E-state index contributed by atoms with van der Waals surface area (Å²) < 4.78 is 25.5. The molecule has 88 valence electrons. The fourth-order valence-corrected chi connectivity index (χ4v) is 1.82. The van der Waals surface area contributed by atoms with Crippen molar-refractivity contribution in [2.75, 3.05) is 0 Å². The van der Waals surface area contributed by atoms with Gasteiger partial charge in [-0.1, -0.05) is 11.6 Å². The Kier molecular flexibility index (Phi) is 2.84. The molecule has 1 saturated carbocycles. The fourth-order valence-electron chi connectivity index (χ4n) is 1.82. The van der Waals surface area contributed by atoms with Crippen LogP contribution in [0.25, 0.3) is 0 Å². The lowest BCUT2D eigenvalue weighted by atomic mass is 9.82. The molecule has 0 saturated heterocycles. The van der Waals surface area contributed by atoms with E-state index in [0.717, 1.165) is 23.9 Å². The monoisotopic (exact) mass is 231 g/mol. The number of hydrogen-bond donors (Lipinski definition) is 1. The molecule has 1 aromatic heterocycles. The van der Waals surface area contributed by atoms with Crippen molar-refractivity contribution >= 4 is 5.97 Å². The summed E-state index contributed by atoms with van der Waals surface area (Å²) >= 11 is 0. The standard InChI is InChI=1S/C9H11F2N3O2/c10-6(11)4-14-8(5-2-1-3-5)7(9(15)16)12-13-14/h5-6H,1-4H2,(H,15,16). The van der Waals surface area contributed by atoms with Crippen molar-refractivity contribution in [2.45, 2.75) is 38.2 Å². The van der Waals surface area contributed by atoms with Crippen LogP contribution in [0.3, 0.4) is 0 Å². The number of hydrogen-bond acceptors (Lipinski definition) is 3. The van der Waals surface area contributed by atoms with Gasteiger partial charge in [-0.3, -0.25) is 0 Å². The first-order valence-corrected chi connectivity index (χ1v) is 5.04. The number of rotatable bonds is 4. The molecule has 0 unspecified atom stereocenters. The molecule has 5 nitrogen and oxygen atoms in total. The average molecular weight is 231 g/mol. The number of aromatic carboxylic acids is 1. The first-order chi connectivity index (χ1) is 7.59. The van der Waals surface area contributed by atoms with Crippen LogP contribution in [0, 0.1) is 0 Å². The van der Waals surface area contributed by atoms with Crippen LogP contribution in [-0.2, 0) is 6.54 Å². The Bertz CT molecular complexity index is 401. The Balaban J connectivity index is 2.33. The molecular weight excluding hydrogens is 220 g/mol. The normalized spacial score (nSPS) is 16.4. The molecule has 0 aliphatic heterocycles. The Morgan fingerprint density at radius 3 is 2.69 bits per heavy atom. The first-order valence-electron chi connectivity index (χ1n) is 5.04. The van der Waals surface area contributed by atoms with Gasteiger partial charge in [-0.05, 0) is 12.8 Å². The lowest BCUT2D eigenvalue weighted by Gasteiger charge is -2.26. The van der Waals surface area contributed by atoms with E-state index in [9.17, 15) is 13.6 Å². The van der Waals surface area contributed by atoms with Gasteiger partial charge >= 0.3 is 5.97 Å². The van der Waals surface area contributed by atoms with Crippen LogP contribution in [0.5, 0.6) is 0 Å². The van der Waals surface area contributed by atoms with E-state index < -0.39 is 18.9 Å². The summed E-state index contributed by atoms with van der Waals surface area (Å²) in [6.07, 6.45) is 0.0688. The predicted molar refractivity (Wildman–Crippen MR) is 49.6 cm³/mol. The summed E-state index contributed by atoms with van der Waals surface area (Å²) in [5, 5.41) is 15.8. The van der Waals surface area contributed by atoms with E-state index in [0.29, 0.717) is 5.69 Å². The van der Waals surface area contributed by atoms with Crippen molar-refractivity contribution in [1.82, 2.24) is 15.0 Å². The van der Waals surface area contributed by atoms with Crippen molar-refractivity contribution < 1.29 is 18.7 Å². The molecule has 1 heterocycles. The predicted octanol–water partition coefficient (Wildman–Crippen LogP) is 1.51. The van der Waals surface area contributed by atoms with Crippen LogP contribution in [0.1, 0.15) is 41.4 Å². The number of carboxylic acid groups (broad SMARTS) is 1. The lowest BCUT2D eigenvalue weighted by molar-refractivity contribution is 0.0686. The minimum Gasteiger partial charge on any atom is -0.476 e. The Morgan fingerprint density at radius 1 is 1.56 bits per heavy atom. The lowest BCUT2D eigenvalue weighted by Crippen LogP contribution is -2.20. The molecule has 16 heavy (non-hydrogen) atoms. The van der Waals surface area contributed by atoms with Gasteiger partial charge in [0, 0.05) is 5.92 Å². The van der Waals surface area contributed by atoms with E-state index in [4.69, 9.17) is 5.11 Å². The summed E-state index contributed by atoms with van der Waals surface area (Å²) in [7, 11) is 0. The van der Waals surface area contributed by atoms with Crippen LogP contribution in [-0.4, -0.2) is 32.5 Å². The van der Waals surface area contributed by atoms with Gasteiger partial charge in [0.15, 0.2) is 5.69 Å². The van der Waals surface area contributed by atoms with Gasteiger partial charge in [0.05, 0.1) is 5.69 Å². The smallest absolute Gasteiger partial charge is 0.358 e. The van der Waals surface area contributed by atoms with Crippen molar-refractivity contribution in [3.63, 3.8) is 0 Å². The van der Waals surface area contributed by atoms with E-state index >= 15 is 0 Å². The van der Waals surface area contributed by atoms with Gasteiger partial charge in [-0.2, -0.15) is 0 Å². The zero-order chi connectivity index (χ0) is 11.7. The fraction of sp³-hybridized carbons (Fsp3) is 0.667. The molecule has 0 spiro atoms. The van der Waals surface area contributed by atoms with Gasteiger partial charge in [-0.15, -0.1) is 5.10 Å². The maximum absolute atomic E-state index is 12.3. The van der Waals surface area contributed by atoms with E-state index in [2.05, 4.69) is 10.3 Å². The summed E-state index contributed by atoms with van der Waals surface area (Å²) in [6, 6.07) is 0. The highest BCUT2D eigenvalue weighted by atomic mass is 19.3. The number of carbonyl (C=O) groups is 1. The maximum Gasteiger partial charge on any atom is 0.358 e. The minimum absolute atomic E-state index is 0.0137. The van der Waals surface area contributed by atoms with Gasteiger partial charge in [0.2, 0.25) is 0 Å². The number of carboxylic acids is 1. The summed E-state index contributed by atoms with van der Waals surface area (Å²) in [5.74, 6) is -1.19. The third kappa shape index (κ3) is 1.89. The molecule has 0 aromatic carbocycles. The number of aromatic nitrogens is 3. The van der Waals surface area contributed by atoms with E-state index in [1.807, 2.05) is 0 Å². The minimum atomic E-state index is -2.55. The molecule has 1 aliphatic carbocycles. The summed E-state index contributed by atoms with van der Waals surface area (Å²) in [5.41, 5.74) is 0.157. The second-order valence-electron chi connectivity index (χ2n) is 3.83. The Morgan fingerprint density at radius 2 is 2.25 bits per heavy atom. The molecule has 1 aromatic rings. The third-order valence-corrected chi connectivity index (χ3v) is 2.78. The van der Waals surface area contributed by atoms with Gasteiger partial charge in [0.25, 0.3) is 6.43 Å². The van der Waals surface area contributed by atoms with E-state index in [1.165, 1.54) is 0 Å².